The van der Waals surface area contributed by atoms with Gasteiger partial charge in [-0.2, -0.15) is 4.98 Å². The van der Waals surface area contributed by atoms with E-state index in [9.17, 15) is 14.4 Å². The maximum absolute atomic E-state index is 14.0. The van der Waals surface area contributed by atoms with E-state index >= 15 is 0 Å². The standard InChI is InChI=1S/C36H56N6O5/c1-7-27(23(2)12-11-17-38-6)46-30-18-29(41-19-24-21-42(22-25(24)20-41)34(45)47-35(3,4)5)39-33(40-30)31(37)26-13-10-16-36(32(26)44)15-9-8-14-28(36)43/h18,23-25,27,38H,7-17,19-22,37H2,1-6H3/b31-26-/t23?,24?,25?,27-,36+/m0/s1. The summed E-state index contributed by atoms with van der Waals surface area (Å²) < 4.78 is 12.2. The number of allylic oxidation sites excluding steroid dienone is 1. The molecule has 0 bridgehead atoms. The number of aromatic nitrogens is 2. The van der Waals surface area contributed by atoms with Gasteiger partial charge in [0.15, 0.2) is 11.6 Å². The summed E-state index contributed by atoms with van der Waals surface area (Å²) in [6.45, 7) is 13.7. The van der Waals surface area contributed by atoms with Gasteiger partial charge in [-0.1, -0.05) is 20.3 Å². The van der Waals surface area contributed by atoms with Gasteiger partial charge in [-0.05, 0) is 91.6 Å². The van der Waals surface area contributed by atoms with Crippen molar-refractivity contribution in [3.63, 3.8) is 0 Å². The van der Waals surface area contributed by atoms with Crippen LogP contribution in [0.1, 0.15) is 105 Å². The summed E-state index contributed by atoms with van der Waals surface area (Å²) in [6, 6.07) is 1.89. The minimum Gasteiger partial charge on any atom is -0.474 e. The van der Waals surface area contributed by atoms with Gasteiger partial charge in [-0.3, -0.25) is 9.59 Å². The number of amides is 1. The molecule has 4 aliphatic rings. The fraction of sp³-hybridized carbons (Fsp3) is 0.750. The van der Waals surface area contributed by atoms with E-state index in [0.717, 1.165) is 58.2 Å². The summed E-state index contributed by atoms with van der Waals surface area (Å²) in [7, 11) is 1.96. The molecule has 1 aromatic heterocycles. The number of hydrogen-bond donors (Lipinski definition) is 2. The summed E-state index contributed by atoms with van der Waals surface area (Å²) in [5, 5.41) is 3.22. The first-order chi connectivity index (χ1) is 22.3. The van der Waals surface area contributed by atoms with E-state index in [1.54, 1.807) is 0 Å². The highest BCUT2D eigenvalue weighted by atomic mass is 16.6. The Morgan fingerprint density at radius 3 is 2.43 bits per heavy atom. The second kappa shape index (κ2) is 14.5. The van der Waals surface area contributed by atoms with Gasteiger partial charge in [-0.25, -0.2) is 9.78 Å². The molecule has 11 nitrogen and oxygen atoms in total. The van der Waals surface area contributed by atoms with E-state index in [0.29, 0.717) is 62.0 Å². The van der Waals surface area contributed by atoms with E-state index in [2.05, 4.69) is 24.1 Å². The molecule has 0 aromatic carbocycles. The molecule has 1 aromatic rings. The Morgan fingerprint density at radius 2 is 1.79 bits per heavy atom. The fourth-order valence-electron chi connectivity index (χ4n) is 8.03. The molecule has 0 radical (unpaired) electrons. The lowest BCUT2D eigenvalue weighted by Crippen LogP contribution is -2.45. The first kappa shape index (κ1) is 35.1. The first-order valence-corrected chi connectivity index (χ1v) is 17.9. The summed E-state index contributed by atoms with van der Waals surface area (Å²) in [5.41, 5.74) is 6.06. The van der Waals surface area contributed by atoms with Crippen LogP contribution in [0.15, 0.2) is 11.6 Å². The third kappa shape index (κ3) is 7.76. The molecule has 260 valence electrons. The van der Waals surface area contributed by atoms with Crippen molar-refractivity contribution >= 4 is 29.2 Å². The van der Waals surface area contributed by atoms with E-state index in [1.807, 2.05) is 38.8 Å². The van der Waals surface area contributed by atoms with Crippen molar-refractivity contribution in [1.29, 1.82) is 0 Å². The molecule has 2 saturated carbocycles. The zero-order valence-corrected chi connectivity index (χ0v) is 29.4. The van der Waals surface area contributed by atoms with E-state index in [-0.39, 0.29) is 47.1 Å². The Hall–Kier alpha value is -3.21. The van der Waals surface area contributed by atoms with Crippen LogP contribution in [0.2, 0.25) is 0 Å². The van der Waals surface area contributed by atoms with Crippen LogP contribution in [0.3, 0.4) is 0 Å². The third-order valence-corrected chi connectivity index (χ3v) is 10.6. The number of nitrogens with zero attached hydrogens (tertiary/aromatic N) is 4. The molecule has 3 heterocycles. The van der Waals surface area contributed by atoms with Crippen molar-refractivity contribution in [2.45, 2.75) is 111 Å². The van der Waals surface area contributed by atoms with Gasteiger partial charge in [-0.15, -0.1) is 0 Å². The fourth-order valence-corrected chi connectivity index (χ4v) is 8.03. The van der Waals surface area contributed by atoms with Crippen LogP contribution in [-0.2, 0) is 14.3 Å². The average Bonchev–Trinajstić information content (AvgIpc) is 3.62. The van der Waals surface area contributed by atoms with Crippen molar-refractivity contribution in [3.8, 4) is 5.88 Å². The van der Waals surface area contributed by atoms with Crippen molar-refractivity contribution < 1.29 is 23.9 Å². The van der Waals surface area contributed by atoms with Crippen molar-refractivity contribution in [2.24, 2.45) is 28.9 Å². The number of ketones is 2. The van der Waals surface area contributed by atoms with Crippen LogP contribution in [-0.4, -0.2) is 84.0 Å². The number of nitrogens with one attached hydrogen (secondary N) is 1. The number of fused-ring (bicyclic) bond motifs is 1. The Bertz CT molecular complexity index is 1340. The van der Waals surface area contributed by atoms with Crippen LogP contribution >= 0.6 is 0 Å². The zero-order valence-electron chi connectivity index (χ0n) is 29.4. The molecular formula is C36H56N6O5. The number of anilines is 1. The van der Waals surface area contributed by atoms with Crippen molar-refractivity contribution in [3.05, 3.63) is 17.5 Å². The van der Waals surface area contributed by atoms with Gasteiger partial charge in [0.05, 0.1) is 11.1 Å². The number of likely N-dealkylation sites (tertiary alicyclic amines) is 1. The molecular weight excluding hydrogens is 596 g/mol. The molecule has 1 spiro atoms. The predicted octanol–water partition coefficient (Wildman–Crippen LogP) is 5.13. The number of carbonyl (C=O) groups is 3. The number of rotatable bonds is 10. The van der Waals surface area contributed by atoms with Crippen LogP contribution in [0, 0.1) is 23.2 Å². The van der Waals surface area contributed by atoms with Crippen LogP contribution in [0.4, 0.5) is 10.6 Å². The second-order valence-corrected chi connectivity index (χ2v) is 15.3. The molecule has 2 aliphatic heterocycles. The highest BCUT2D eigenvalue weighted by Gasteiger charge is 2.49. The lowest BCUT2D eigenvalue weighted by molar-refractivity contribution is -0.143. The number of ether oxygens (including phenoxy) is 2. The first-order valence-electron chi connectivity index (χ1n) is 17.9. The molecule has 5 atom stereocenters. The molecule has 3 N–H and O–H groups in total. The largest absolute Gasteiger partial charge is 0.474 e. The molecule has 1 amide bonds. The third-order valence-electron chi connectivity index (χ3n) is 10.6. The SMILES string of the molecule is CC[C@H](Oc1cc(N2CC3CN(C(=O)OC(C)(C)C)CC3C2)nc(/C(N)=C2\CCC[C@@]3(CCCCC3=O)C2=O)n1)C(C)CCCNC. The van der Waals surface area contributed by atoms with Gasteiger partial charge in [0.2, 0.25) is 5.88 Å². The summed E-state index contributed by atoms with van der Waals surface area (Å²) >= 11 is 0. The number of hydrogen-bond acceptors (Lipinski definition) is 10. The maximum atomic E-state index is 14.0. The maximum Gasteiger partial charge on any atom is 0.410 e. The van der Waals surface area contributed by atoms with Crippen LogP contribution in [0.25, 0.3) is 5.70 Å². The average molecular weight is 653 g/mol. The Morgan fingerprint density at radius 1 is 1.09 bits per heavy atom. The van der Waals surface area contributed by atoms with E-state index in [4.69, 9.17) is 25.2 Å². The molecule has 11 heteroatoms. The topological polar surface area (TPSA) is 140 Å². The Labute approximate surface area is 280 Å². The number of nitrogens with two attached hydrogens (primary N) is 1. The molecule has 5 rings (SSSR count). The zero-order chi connectivity index (χ0) is 33.9. The Kier molecular flexibility index (Phi) is 10.8. The quantitative estimate of drug-likeness (QED) is 0.199. The van der Waals surface area contributed by atoms with Gasteiger partial charge in [0.25, 0.3) is 0 Å². The highest BCUT2D eigenvalue weighted by molar-refractivity contribution is 6.17. The van der Waals surface area contributed by atoms with Gasteiger partial charge < -0.3 is 30.3 Å². The predicted molar refractivity (Wildman–Crippen MR) is 182 cm³/mol. The molecule has 3 unspecified atom stereocenters. The monoisotopic (exact) mass is 652 g/mol. The smallest absolute Gasteiger partial charge is 0.410 e. The van der Waals surface area contributed by atoms with E-state index in [1.165, 1.54) is 0 Å². The molecule has 4 fully saturated rings. The number of Topliss-reactive ketones (excluding diaryl/α,β-unsaturated/α-hetero) is 2. The van der Waals surface area contributed by atoms with Crippen molar-refractivity contribution in [1.82, 2.24) is 20.2 Å². The summed E-state index contributed by atoms with van der Waals surface area (Å²) in [4.78, 5) is 53.7. The number of carbonyl (C=O) groups excluding carboxylic acids is 3. The lowest BCUT2D eigenvalue weighted by Gasteiger charge is -2.38. The molecule has 2 aliphatic carbocycles. The van der Waals surface area contributed by atoms with Crippen molar-refractivity contribution in [2.75, 3.05) is 44.7 Å². The van der Waals surface area contributed by atoms with E-state index < -0.39 is 11.0 Å². The minimum absolute atomic E-state index is 0.0453. The van der Waals surface area contributed by atoms with Crippen LogP contribution < -0.4 is 20.7 Å². The second-order valence-electron chi connectivity index (χ2n) is 15.3. The minimum atomic E-state index is -0.949. The van der Waals surface area contributed by atoms with Gasteiger partial charge >= 0.3 is 6.09 Å². The normalized spacial score (nSPS) is 27.2. The summed E-state index contributed by atoms with van der Waals surface area (Å²) in [6.07, 6.45) is 7.19. The molecule has 47 heavy (non-hydrogen) atoms. The molecule has 2 saturated heterocycles. The summed E-state index contributed by atoms with van der Waals surface area (Å²) in [5.74, 6) is 2.24. The van der Waals surface area contributed by atoms with Crippen LogP contribution in [0.5, 0.6) is 5.88 Å². The van der Waals surface area contributed by atoms with Gasteiger partial charge in [0.1, 0.15) is 23.3 Å². The lowest BCUT2D eigenvalue weighted by atomic mass is 9.62. The van der Waals surface area contributed by atoms with Gasteiger partial charge in [0, 0.05) is 56.1 Å². The highest BCUT2D eigenvalue weighted by Crippen LogP contribution is 2.46. The Balaban J connectivity index is 1.43.